The zero-order valence-corrected chi connectivity index (χ0v) is 12.0. The van der Waals surface area contributed by atoms with Crippen molar-refractivity contribution in [2.24, 2.45) is 5.92 Å². The quantitative estimate of drug-likeness (QED) is 0.860. The molecule has 21 heavy (non-hydrogen) atoms. The van der Waals surface area contributed by atoms with Gasteiger partial charge in [0.05, 0.1) is 12.3 Å². The number of carbonyl (C=O) groups is 2. The van der Waals surface area contributed by atoms with Gasteiger partial charge in [0.25, 0.3) is 0 Å². The zero-order valence-electron chi connectivity index (χ0n) is 11.1. The van der Waals surface area contributed by atoms with Crippen molar-refractivity contribution in [3.05, 3.63) is 5.01 Å². The van der Waals surface area contributed by atoms with Gasteiger partial charge >= 0.3 is 18.2 Å². The number of anilines is 1. The maximum Gasteiger partial charge on any atom is 0.395 e. The molecule has 0 fully saturated rings. The predicted octanol–water partition coefficient (Wildman–Crippen LogP) is 1.83. The van der Waals surface area contributed by atoms with Crippen LogP contribution in [0.2, 0.25) is 0 Å². The average molecular weight is 326 g/mol. The number of aromatic nitrogens is 2. The molecule has 2 N–H and O–H groups in total. The van der Waals surface area contributed by atoms with Gasteiger partial charge in [-0.2, -0.15) is 13.2 Å². The number of urea groups is 1. The molecule has 0 aliphatic rings. The fourth-order valence-corrected chi connectivity index (χ4v) is 2.07. The lowest BCUT2D eigenvalue weighted by Gasteiger charge is -2.18. The van der Waals surface area contributed by atoms with Crippen LogP contribution >= 0.6 is 11.3 Å². The van der Waals surface area contributed by atoms with Crippen molar-refractivity contribution in [1.82, 2.24) is 15.1 Å². The van der Waals surface area contributed by atoms with E-state index in [0.29, 0.717) is 11.3 Å². The fraction of sp³-hybridized carbons (Fsp3) is 0.600. The third-order valence-electron chi connectivity index (χ3n) is 2.35. The topological polar surface area (TPSA) is 95.4 Å². The van der Waals surface area contributed by atoms with Crippen LogP contribution in [0.15, 0.2) is 0 Å². The molecule has 1 rings (SSSR count). The molecule has 0 spiro atoms. The normalized spacial score (nSPS) is 12.8. The van der Waals surface area contributed by atoms with Gasteiger partial charge in [-0.15, -0.1) is 10.2 Å². The molecule has 1 unspecified atom stereocenters. The number of carboxylic acids is 1. The van der Waals surface area contributed by atoms with Gasteiger partial charge in [-0.05, 0) is 0 Å². The molecule has 118 valence electrons. The number of rotatable bonds is 5. The smallest absolute Gasteiger partial charge is 0.395 e. The maximum absolute atomic E-state index is 12.1. The van der Waals surface area contributed by atoms with Crippen molar-refractivity contribution in [2.75, 3.05) is 18.9 Å². The van der Waals surface area contributed by atoms with Crippen LogP contribution in [0, 0.1) is 5.92 Å². The number of halogens is 3. The lowest BCUT2D eigenvalue weighted by Crippen LogP contribution is -2.36. The molecular formula is C10H13F3N4O3S. The Kier molecular flexibility index (Phi) is 5.47. The zero-order chi connectivity index (χ0) is 16.2. The molecule has 0 aliphatic carbocycles. The third-order valence-corrected chi connectivity index (χ3v) is 3.19. The van der Waals surface area contributed by atoms with Crippen LogP contribution in [-0.2, 0) is 11.2 Å². The minimum absolute atomic E-state index is 0.0463. The first kappa shape index (κ1) is 17.1. The summed E-state index contributed by atoms with van der Waals surface area (Å²) >= 11 is 0.614. The van der Waals surface area contributed by atoms with Crippen molar-refractivity contribution in [3.63, 3.8) is 0 Å². The van der Waals surface area contributed by atoms with Gasteiger partial charge in [0.2, 0.25) is 5.13 Å². The van der Waals surface area contributed by atoms with E-state index in [1.54, 1.807) is 0 Å². The number of nitrogens with one attached hydrogen (secondary N) is 1. The molecule has 0 aromatic carbocycles. The summed E-state index contributed by atoms with van der Waals surface area (Å²) in [6.07, 6.45) is -5.61. The lowest BCUT2D eigenvalue weighted by atomic mass is 10.2. The summed E-state index contributed by atoms with van der Waals surface area (Å²) in [5, 5.41) is 17.4. The summed E-state index contributed by atoms with van der Waals surface area (Å²) < 4.78 is 36.4. The molecule has 2 amide bonds. The number of alkyl halides is 3. The highest BCUT2D eigenvalue weighted by atomic mass is 32.1. The number of amides is 2. The van der Waals surface area contributed by atoms with Crippen molar-refractivity contribution >= 4 is 28.5 Å². The summed E-state index contributed by atoms with van der Waals surface area (Å²) in [5.74, 6) is -1.83. The Morgan fingerprint density at radius 3 is 2.57 bits per heavy atom. The second kappa shape index (κ2) is 6.70. The largest absolute Gasteiger partial charge is 0.481 e. The summed E-state index contributed by atoms with van der Waals surface area (Å²) in [4.78, 5) is 23.5. The number of carbonyl (C=O) groups excluding carboxylic acids is 1. The lowest BCUT2D eigenvalue weighted by molar-refractivity contribution is -0.141. The second-order valence-electron chi connectivity index (χ2n) is 4.34. The number of nitrogens with zero attached hydrogens (tertiary/aromatic N) is 3. The van der Waals surface area contributed by atoms with E-state index in [1.807, 2.05) is 0 Å². The number of aliphatic carboxylic acids is 1. The molecule has 1 aromatic rings. The van der Waals surface area contributed by atoms with Crippen LogP contribution in [0.5, 0.6) is 0 Å². The summed E-state index contributed by atoms with van der Waals surface area (Å²) in [6, 6.07) is -0.669. The van der Waals surface area contributed by atoms with E-state index < -0.39 is 30.5 Å². The van der Waals surface area contributed by atoms with E-state index in [9.17, 15) is 22.8 Å². The predicted molar refractivity (Wildman–Crippen MR) is 68.1 cm³/mol. The number of hydrogen-bond donors (Lipinski definition) is 2. The van der Waals surface area contributed by atoms with Crippen molar-refractivity contribution in [1.29, 1.82) is 0 Å². The first-order valence-corrected chi connectivity index (χ1v) is 6.54. The summed E-state index contributed by atoms with van der Waals surface area (Å²) in [6.45, 7) is 1.38. The SMILES string of the molecule is CC(CN(C)C(=O)Nc1nnc(CC(F)(F)F)s1)C(=O)O. The number of hydrogen-bond acceptors (Lipinski definition) is 5. The number of carboxylic acid groups (broad SMARTS) is 1. The van der Waals surface area contributed by atoms with E-state index in [4.69, 9.17) is 5.11 Å². The minimum atomic E-state index is -4.39. The van der Waals surface area contributed by atoms with Gasteiger partial charge in [0, 0.05) is 13.6 Å². The highest BCUT2D eigenvalue weighted by Crippen LogP contribution is 2.25. The molecule has 0 saturated heterocycles. The van der Waals surface area contributed by atoms with E-state index >= 15 is 0 Å². The van der Waals surface area contributed by atoms with Gasteiger partial charge < -0.3 is 10.0 Å². The molecular weight excluding hydrogens is 313 g/mol. The van der Waals surface area contributed by atoms with Crippen LogP contribution in [0.3, 0.4) is 0 Å². The van der Waals surface area contributed by atoms with Crippen LogP contribution in [-0.4, -0.2) is 52.0 Å². The van der Waals surface area contributed by atoms with Crippen molar-refractivity contribution in [2.45, 2.75) is 19.5 Å². The maximum atomic E-state index is 12.1. The van der Waals surface area contributed by atoms with Crippen LogP contribution in [0.25, 0.3) is 0 Å². The molecule has 1 aromatic heterocycles. The van der Waals surface area contributed by atoms with Crippen LogP contribution in [0.1, 0.15) is 11.9 Å². The Labute approximate surface area is 121 Å². The van der Waals surface area contributed by atoms with Gasteiger partial charge in [-0.25, -0.2) is 4.79 Å². The molecule has 0 bridgehead atoms. The molecule has 11 heteroatoms. The van der Waals surface area contributed by atoms with Crippen LogP contribution < -0.4 is 5.32 Å². The molecule has 1 heterocycles. The Hall–Kier alpha value is -1.91. The monoisotopic (exact) mass is 326 g/mol. The van der Waals surface area contributed by atoms with Crippen LogP contribution in [0.4, 0.5) is 23.1 Å². The second-order valence-corrected chi connectivity index (χ2v) is 5.40. The fourth-order valence-electron chi connectivity index (χ4n) is 1.31. The highest BCUT2D eigenvalue weighted by molar-refractivity contribution is 7.15. The first-order chi connectivity index (χ1) is 9.58. The third kappa shape index (κ3) is 5.94. The van der Waals surface area contributed by atoms with Crippen molar-refractivity contribution in [3.8, 4) is 0 Å². The Morgan fingerprint density at radius 1 is 1.43 bits per heavy atom. The molecule has 0 radical (unpaired) electrons. The summed E-state index contributed by atoms with van der Waals surface area (Å²) in [7, 11) is 1.37. The highest BCUT2D eigenvalue weighted by Gasteiger charge is 2.30. The van der Waals surface area contributed by atoms with E-state index in [2.05, 4.69) is 15.5 Å². The standard InChI is InChI=1S/C10H13F3N4O3S/c1-5(7(18)19)4-17(2)9(20)14-8-16-15-6(21-8)3-10(11,12)13/h5H,3-4H2,1-2H3,(H,18,19)(H,14,16,20). The molecule has 0 saturated carbocycles. The Morgan fingerprint density at radius 2 is 2.05 bits per heavy atom. The van der Waals surface area contributed by atoms with Gasteiger partial charge in [0.1, 0.15) is 5.01 Å². The van der Waals surface area contributed by atoms with E-state index in [-0.39, 0.29) is 16.7 Å². The van der Waals surface area contributed by atoms with E-state index in [0.717, 1.165) is 4.90 Å². The Bertz CT molecular complexity index is 520. The summed E-state index contributed by atoms with van der Waals surface area (Å²) in [5.41, 5.74) is 0. The van der Waals surface area contributed by atoms with Gasteiger partial charge in [-0.3, -0.25) is 10.1 Å². The van der Waals surface area contributed by atoms with E-state index in [1.165, 1.54) is 14.0 Å². The van der Waals surface area contributed by atoms with Gasteiger partial charge in [0.15, 0.2) is 0 Å². The average Bonchev–Trinajstić information content (AvgIpc) is 2.73. The minimum Gasteiger partial charge on any atom is -0.481 e. The molecule has 1 atom stereocenters. The molecule has 0 aliphatic heterocycles. The van der Waals surface area contributed by atoms with Gasteiger partial charge in [-0.1, -0.05) is 18.3 Å². The molecule has 7 nitrogen and oxygen atoms in total. The Balaban J connectivity index is 2.57. The van der Waals surface area contributed by atoms with Crippen molar-refractivity contribution < 1.29 is 27.9 Å². The first-order valence-electron chi connectivity index (χ1n) is 5.72.